The molecule has 0 spiro atoms. The summed E-state index contributed by atoms with van der Waals surface area (Å²) in [5, 5.41) is 7.01. The molecule has 0 bridgehead atoms. The van der Waals surface area contributed by atoms with Crippen LogP contribution in [0.1, 0.15) is 51.5 Å². The minimum atomic E-state index is -0.562. The highest BCUT2D eigenvalue weighted by Gasteiger charge is 2.22. The van der Waals surface area contributed by atoms with Gasteiger partial charge < -0.3 is 14.8 Å². The number of carbonyl (C=O) groups excluding carboxylic acids is 2. The first-order valence-corrected chi connectivity index (χ1v) is 8.35. The summed E-state index contributed by atoms with van der Waals surface area (Å²) in [6.45, 7) is 9.71. The number of hydrogen-bond donors (Lipinski definition) is 1. The number of aromatic nitrogens is 2. The molecule has 1 N–H and O–H groups in total. The van der Waals surface area contributed by atoms with Crippen LogP contribution in [0.15, 0.2) is 10.7 Å². The Bertz CT molecular complexity index is 551. The normalized spacial score (nSPS) is 12.6. The number of amides is 1. The molecule has 0 aliphatic carbocycles. The Morgan fingerprint density at radius 2 is 2.04 bits per heavy atom. The number of nitrogens with zero attached hydrogens (tertiary/aromatic N) is 2. The topological polar surface area (TPSA) is 82.5 Å². The number of carbonyl (C=O) groups is 2. The lowest BCUT2D eigenvalue weighted by molar-refractivity contribution is 0.0495. The van der Waals surface area contributed by atoms with Gasteiger partial charge in [-0.15, -0.1) is 0 Å². The third-order valence-electron chi connectivity index (χ3n) is 2.84. The SMILES string of the molecule is CCOC(=O)c1cc(Br)nn1CC(CC)NC(=O)OC(C)(C)C. The van der Waals surface area contributed by atoms with E-state index in [-0.39, 0.29) is 12.6 Å². The molecule has 1 rings (SSSR count). The van der Waals surface area contributed by atoms with Crippen molar-refractivity contribution in [1.29, 1.82) is 0 Å². The van der Waals surface area contributed by atoms with Crippen LogP contribution in [0.4, 0.5) is 4.79 Å². The quantitative estimate of drug-likeness (QED) is 0.755. The van der Waals surface area contributed by atoms with Gasteiger partial charge in [0.1, 0.15) is 15.9 Å². The van der Waals surface area contributed by atoms with Gasteiger partial charge in [0.05, 0.1) is 19.2 Å². The summed E-state index contributed by atoms with van der Waals surface area (Å²) in [6.07, 6.45) is 0.173. The molecule has 0 saturated heterocycles. The van der Waals surface area contributed by atoms with E-state index in [9.17, 15) is 9.59 Å². The Hall–Kier alpha value is -1.57. The summed E-state index contributed by atoms with van der Waals surface area (Å²) in [7, 11) is 0. The van der Waals surface area contributed by atoms with Gasteiger partial charge in [0.25, 0.3) is 0 Å². The average Bonchev–Trinajstić information content (AvgIpc) is 2.77. The first kappa shape index (κ1) is 19.5. The van der Waals surface area contributed by atoms with Crippen LogP contribution in [0.3, 0.4) is 0 Å². The fourth-order valence-corrected chi connectivity index (χ4v) is 2.26. The molecule has 0 aliphatic heterocycles. The van der Waals surface area contributed by atoms with E-state index in [0.717, 1.165) is 0 Å². The lowest BCUT2D eigenvalue weighted by atomic mass is 10.2. The molecule has 7 nitrogen and oxygen atoms in total. The van der Waals surface area contributed by atoms with Crippen molar-refractivity contribution in [3.63, 3.8) is 0 Å². The van der Waals surface area contributed by atoms with Crippen LogP contribution in [0, 0.1) is 0 Å². The number of alkyl carbamates (subject to hydrolysis) is 1. The maximum absolute atomic E-state index is 11.9. The first-order chi connectivity index (χ1) is 10.7. The van der Waals surface area contributed by atoms with Gasteiger partial charge in [0, 0.05) is 6.07 Å². The Morgan fingerprint density at radius 3 is 2.57 bits per heavy atom. The van der Waals surface area contributed by atoms with E-state index in [1.165, 1.54) is 4.68 Å². The number of halogens is 1. The minimum Gasteiger partial charge on any atom is -0.461 e. The van der Waals surface area contributed by atoms with Gasteiger partial charge in [0.15, 0.2) is 0 Å². The fourth-order valence-electron chi connectivity index (χ4n) is 1.85. The fraction of sp³-hybridized carbons (Fsp3) is 0.667. The van der Waals surface area contributed by atoms with E-state index in [2.05, 4.69) is 26.3 Å². The Morgan fingerprint density at radius 1 is 1.39 bits per heavy atom. The van der Waals surface area contributed by atoms with Crippen molar-refractivity contribution in [2.24, 2.45) is 0 Å². The predicted molar refractivity (Wildman–Crippen MR) is 89.3 cm³/mol. The van der Waals surface area contributed by atoms with Gasteiger partial charge in [-0.05, 0) is 50.0 Å². The number of ether oxygens (including phenoxy) is 2. The molecule has 130 valence electrons. The van der Waals surface area contributed by atoms with Crippen molar-refractivity contribution < 1.29 is 19.1 Å². The van der Waals surface area contributed by atoms with E-state index < -0.39 is 17.7 Å². The maximum atomic E-state index is 11.9. The van der Waals surface area contributed by atoms with Crippen LogP contribution in [-0.4, -0.2) is 40.1 Å². The van der Waals surface area contributed by atoms with Gasteiger partial charge in [-0.1, -0.05) is 6.92 Å². The predicted octanol–water partition coefficient (Wildman–Crippen LogP) is 3.13. The standard InChI is InChI=1S/C15H24BrN3O4/c1-6-10(17-14(21)23-15(3,4)5)9-19-11(8-12(16)18-19)13(20)22-7-2/h8,10H,6-7,9H2,1-5H3,(H,17,21). The lowest BCUT2D eigenvalue weighted by Crippen LogP contribution is -2.41. The second-order valence-corrected chi connectivity index (χ2v) is 6.82. The molecule has 0 aliphatic rings. The number of nitrogens with one attached hydrogen (secondary N) is 1. The lowest BCUT2D eigenvalue weighted by Gasteiger charge is -2.23. The van der Waals surface area contributed by atoms with Crippen molar-refractivity contribution in [2.45, 2.75) is 59.2 Å². The summed E-state index contributed by atoms with van der Waals surface area (Å²) < 4.78 is 12.3. The van der Waals surface area contributed by atoms with E-state index in [1.54, 1.807) is 33.8 Å². The summed E-state index contributed by atoms with van der Waals surface area (Å²) >= 11 is 3.25. The van der Waals surface area contributed by atoms with Crippen molar-refractivity contribution in [3.05, 3.63) is 16.4 Å². The number of esters is 1. The van der Waals surface area contributed by atoms with Gasteiger partial charge in [-0.3, -0.25) is 4.68 Å². The highest BCUT2D eigenvalue weighted by Crippen LogP contribution is 2.14. The minimum absolute atomic E-state index is 0.218. The van der Waals surface area contributed by atoms with E-state index >= 15 is 0 Å². The summed E-state index contributed by atoms with van der Waals surface area (Å²) in [6, 6.07) is 1.38. The third kappa shape index (κ3) is 6.60. The zero-order valence-electron chi connectivity index (χ0n) is 14.2. The zero-order chi connectivity index (χ0) is 17.6. The third-order valence-corrected chi connectivity index (χ3v) is 3.23. The highest BCUT2D eigenvalue weighted by atomic mass is 79.9. The number of rotatable bonds is 6. The van der Waals surface area contributed by atoms with Gasteiger partial charge in [-0.25, -0.2) is 9.59 Å². The Labute approximate surface area is 144 Å². The molecule has 0 saturated carbocycles. The smallest absolute Gasteiger partial charge is 0.407 e. The van der Waals surface area contributed by atoms with Crippen molar-refractivity contribution in [3.8, 4) is 0 Å². The van der Waals surface area contributed by atoms with Crippen molar-refractivity contribution >= 4 is 28.0 Å². The molecule has 8 heteroatoms. The molecular weight excluding hydrogens is 366 g/mol. The Kier molecular flexibility index (Phi) is 7.05. The molecule has 1 amide bonds. The van der Waals surface area contributed by atoms with Crippen LogP contribution in [-0.2, 0) is 16.0 Å². The second kappa shape index (κ2) is 8.33. The molecule has 1 heterocycles. The average molecular weight is 390 g/mol. The Balaban J connectivity index is 2.79. The maximum Gasteiger partial charge on any atom is 0.407 e. The molecule has 1 aromatic heterocycles. The summed E-state index contributed by atoms with van der Waals surface area (Å²) in [5.41, 5.74) is -0.226. The molecule has 1 unspecified atom stereocenters. The van der Waals surface area contributed by atoms with Crippen molar-refractivity contribution in [2.75, 3.05) is 6.61 Å². The van der Waals surface area contributed by atoms with Gasteiger partial charge >= 0.3 is 12.1 Å². The monoisotopic (exact) mass is 389 g/mol. The molecule has 0 fully saturated rings. The zero-order valence-corrected chi connectivity index (χ0v) is 15.8. The molecule has 1 aromatic rings. The highest BCUT2D eigenvalue weighted by molar-refractivity contribution is 9.10. The largest absolute Gasteiger partial charge is 0.461 e. The molecule has 23 heavy (non-hydrogen) atoms. The van der Waals surface area contributed by atoms with Crippen LogP contribution >= 0.6 is 15.9 Å². The second-order valence-electron chi connectivity index (χ2n) is 6.01. The van der Waals surface area contributed by atoms with Crippen LogP contribution < -0.4 is 5.32 Å². The summed E-state index contributed by atoms with van der Waals surface area (Å²) in [4.78, 5) is 23.8. The molecular formula is C15H24BrN3O4. The van der Waals surface area contributed by atoms with Crippen LogP contribution in [0.5, 0.6) is 0 Å². The molecule has 1 atom stereocenters. The molecule has 0 radical (unpaired) electrons. The first-order valence-electron chi connectivity index (χ1n) is 7.56. The van der Waals surface area contributed by atoms with E-state index in [1.807, 2.05) is 6.92 Å². The van der Waals surface area contributed by atoms with Crippen LogP contribution in [0.2, 0.25) is 0 Å². The number of hydrogen-bond acceptors (Lipinski definition) is 5. The van der Waals surface area contributed by atoms with E-state index in [4.69, 9.17) is 9.47 Å². The molecule has 0 aromatic carbocycles. The van der Waals surface area contributed by atoms with Gasteiger partial charge in [-0.2, -0.15) is 5.10 Å². The van der Waals surface area contributed by atoms with E-state index in [0.29, 0.717) is 23.3 Å². The van der Waals surface area contributed by atoms with Crippen molar-refractivity contribution in [1.82, 2.24) is 15.1 Å². The van der Waals surface area contributed by atoms with Crippen LogP contribution in [0.25, 0.3) is 0 Å². The summed E-state index contributed by atoms with van der Waals surface area (Å²) in [5.74, 6) is -0.446. The van der Waals surface area contributed by atoms with Gasteiger partial charge in [0.2, 0.25) is 0 Å².